The smallest absolute Gasteiger partial charge is 0.248 e. The summed E-state index contributed by atoms with van der Waals surface area (Å²) in [6.45, 7) is 12.0. The number of methoxy groups -OCH3 is 1. The first-order valence-corrected chi connectivity index (χ1v) is 8.21. The Bertz CT molecular complexity index is 325. The highest BCUT2D eigenvalue weighted by molar-refractivity contribution is 5.77. The number of hydrogen-bond acceptors (Lipinski definition) is 6. The summed E-state index contributed by atoms with van der Waals surface area (Å²) in [7, 11) is 1.63. The topological polar surface area (TPSA) is 60.5 Å². The zero-order valence-corrected chi connectivity index (χ0v) is 15.0. The zero-order chi connectivity index (χ0) is 17.1. The van der Waals surface area contributed by atoms with E-state index in [4.69, 9.17) is 18.9 Å². The van der Waals surface area contributed by atoms with E-state index in [0.29, 0.717) is 33.2 Å². The highest BCUT2D eigenvalue weighted by Crippen LogP contribution is 2.09. The summed E-state index contributed by atoms with van der Waals surface area (Å²) in [5, 5.41) is 0. The molecule has 7 heteroatoms. The van der Waals surface area contributed by atoms with Gasteiger partial charge < -0.3 is 23.8 Å². The van der Waals surface area contributed by atoms with E-state index in [1.165, 1.54) is 0 Å². The van der Waals surface area contributed by atoms with Crippen molar-refractivity contribution in [2.24, 2.45) is 0 Å². The van der Waals surface area contributed by atoms with Crippen LogP contribution in [0.1, 0.15) is 20.8 Å². The molecule has 0 aliphatic carbocycles. The van der Waals surface area contributed by atoms with Crippen molar-refractivity contribution in [1.29, 1.82) is 0 Å². The maximum atomic E-state index is 12.0. The second-order valence-corrected chi connectivity index (χ2v) is 6.54. The Labute approximate surface area is 139 Å². The molecule has 1 aliphatic rings. The fraction of sp³-hybridized carbons (Fsp3) is 0.938. The summed E-state index contributed by atoms with van der Waals surface area (Å²) in [5.74, 6) is 0.0401. The van der Waals surface area contributed by atoms with Crippen LogP contribution in [-0.4, -0.2) is 94.4 Å². The molecule has 1 saturated heterocycles. The summed E-state index contributed by atoms with van der Waals surface area (Å²) in [4.78, 5) is 16.1. The minimum absolute atomic E-state index is 0.0401. The fourth-order valence-electron chi connectivity index (χ4n) is 2.02. The minimum Gasteiger partial charge on any atom is -0.382 e. The molecule has 136 valence electrons. The third-order valence-corrected chi connectivity index (χ3v) is 3.43. The summed E-state index contributed by atoms with van der Waals surface area (Å²) in [5.41, 5.74) is -0.133. The van der Waals surface area contributed by atoms with Crippen molar-refractivity contribution < 1.29 is 23.7 Å². The average Bonchev–Trinajstić information content (AvgIpc) is 2.51. The predicted octanol–water partition coefficient (Wildman–Crippen LogP) is 0.583. The van der Waals surface area contributed by atoms with Crippen LogP contribution >= 0.6 is 0 Å². The predicted molar refractivity (Wildman–Crippen MR) is 87.4 cm³/mol. The molecule has 0 radical (unpaired) electrons. The van der Waals surface area contributed by atoms with E-state index >= 15 is 0 Å². The molecular weight excluding hydrogens is 300 g/mol. The molecule has 0 aromatic heterocycles. The van der Waals surface area contributed by atoms with Gasteiger partial charge in [-0.15, -0.1) is 0 Å². The van der Waals surface area contributed by atoms with Gasteiger partial charge in [0, 0.05) is 33.3 Å². The van der Waals surface area contributed by atoms with Crippen molar-refractivity contribution >= 4 is 5.91 Å². The number of amides is 1. The first-order chi connectivity index (χ1) is 10.9. The van der Waals surface area contributed by atoms with Gasteiger partial charge in [-0.25, -0.2) is 0 Å². The van der Waals surface area contributed by atoms with E-state index in [1.54, 1.807) is 7.11 Å². The second kappa shape index (κ2) is 10.9. The molecule has 0 N–H and O–H groups in total. The number of carbonyl (C=O) groups is 1. The van der Waals surface area contributed by atoms with Crippen LogP contribution in [0.2, 0.25) is 0 Å². The minimum atomic E-state index is -0.133. The van der Waals surface area contributed by atoms with Crippen molar-refractivity contribution in [2.45, 2.75) is 26.4 Å². The van der Waals surface area contributed by atoms with Crippen LogP contribution in [0.3, 0.4) is 0 Å². The van der Waals surface area contributed by atoms with Crippen LogP contribution in [-0.2, 0) is 23.7 Å². The first kappa shape index (κ1) is 20.3. The van der Waals surface area contributed by atoms with Gasteiger partial charge in [0.15, 0.2) is 0 Å². The normalized spacial score (nSPS) is 16.8. The molecule has 1 rings (SSSR count). The van der Waals surface area contributed by atoms with Crippen LogP contribution in [0.15, 0.2) is 0 Å². The molecule has 0 saturated carbocycles. The standard InChI is InChI=1S/C16H32N2O5/c1-16(2,3)23-14-17-5-7-18(8-6-17)15(19)13-22-12-11-21-10-9-20-4/h5-14H2,1-4H3. The Morgan fingerprint density at radius 1 is 0.957 bits per heavy atom. The number of hydrogen-bond donors (Lipinski definition) is 0. The molecule has 0 spiro atoms. The lowest BCUT2D eigenvalue weighted by Crippen LogP contribution is -2.50. The van der Waals surface area contributed by atoms with Gasteiger partial charge in [0.25, 0.3) is 0 Å². The van der Waals surface area contributed by atoms with E-state index in [2.05, 4.69) is 4.90 Å². The van der Waals surface area contributed by atoms with Gasteiger partial charge in [0.1, 0.15) is 6.61 Å². The lowest BCUT2D eigenvalue weighted by Gasteiger charge is -2.35. The lowest BCUT2D eigenvalue weighted by molar-refractivity contribution is -0.140. The number of ether oxygens (including phenoxy) is 4. The van der Waals surface area contributed by atoms with Crippen molar-refractivity contribution in [3.8, 4) is 0 Å². The van der Waals surface area contributed by atoms with Crippen molar-refractivity contribution in [1.82, 2.24) is 9.80 Å². The van der Waals surface area contributed by atoms with E-state index < -0.39 is 0 Å². The summed E-state index contributed by atoms with van der Waals surface area (Å²) < 4.78 is 21.3. The molecule has 1 fully saturated rings. The number of rotatable bonds is 10. The molecule has 0 aromatic carbocycles. The van der Waals surface area contributed by atoms with Crippen LogP contribution in [0.4, 0.5) is 0 Å². The van der Waals surface area contributed by atoms with Gasteiger partial charge in [0.2, 0.25) is 5.91 Å². The van der Waals surface area contributed by atoms with E-state index in [1.807, 2.05) is 25.7 Å². The van der Waals surface area contributed by atoms with E-state index in [0.717, 1.165) is 26.2 Å². The molecule has 23 heavy (non-hydrogen) atoms. The molecule has 1 heterocycles. The van der Waals surface area contributed by atoms with Crippen molar-refractivity contribution in [3.05, 3.63) is 0 Å². The Morgan fingerprint density at radius 2 is 1.57 bits per heavy atom. The van der Waals surface area contributed by atoms with Crippen LogP contribution in [0.5, 0.6) is 0 Å². The maximum Gasteiger partial charge on any atom is 0.248 e. The van der Waals surface area contributed by atoms with Crippen LogP contribution in [0.25, 0.3) is 0 Å². The number of carbonyl (C=O) groups excluding carboxylic acids is 1. The van der Waals surface area contributed by atoms with Gasteiger partial charge in [-0.1, -0.05) is 0 Å². The van der Waals surface area contributed by atoms with Gasteiger partial charge >= 0.3 is 0 Å². The summed E-state index contributed by atoms with van der Waals surface area (Å²) in [6, 6.07) is 0. The van der Waals surface area contributed by atoms with E-state index in [-0.39, 0.29) is 18.1 Å². The highest BCUT2D eigenvalue weighted by Gasteiger charge is 2.22. The lowest BCUT2D eigenvalue weighted by atomic mass is 10.2. The van der Waals surface area contributed by atoms with Crippen molar-refractivity contribution in [3.63, 3.8) is 0 Å². The van der Waals surface area contributed by atoms with E-state index in [9.17, 15) is 4.79 Å². The van der Waals surface area contributed by atoms with Crippen molar-refractivity contribution in [2.75, 3.05) is 73.1 Å². The number of nitrogens with zero attached hydrogens (tertiary/aromatic N) is 2. The Hall–Kier alpha value is -0.730. The molecule has 7 nitrogen and oxygen atoms in total. The monoisotopic (exact) mass is 332 g/mol. The molecule has 0 bridgehead atoms. The summed E-state index contributed by atoms with van der Waals surface area (Å²) >= 11 is 0. The quantitative estimate of drug-likeness (QED) is 0.546. The molecule has 0 aromatic rings. The maximum absolute atomic E-state index is 12.0. The molecule has 0 unspecified atom stereocenters. The van der Waals surface area contributed by atoms with Gasteiger partial charge in [-0.05, 0) is 20.8 Å². The zero-order valence-electron chi connectivity index (χ0n) is 15.0. The average molecular weight is 332 g/mol. The molecule has 0 atom stereocenters. The van der Waals surface area contributed by atoms with Gasteiger partial charge in [0.05, 0.1) is 38.8 Å². The first-order valence-electron chi connectivity index (χ1n) is 8.21. The SMILES string of the molecule is COCCOCCOCC(=O)N1CCN(COC(C)(C)C)CC1. The van der Waals surface area contributed by atoms with Crippen LogP contribution < -0.4 is 0 Å². The number of piperazine rings is 1. The Balaban J connectivity index is 2.06. The van der Waals surface area contributed by atoms with Crippen LogP contribution in [0, 0.1) is 0 Å². The van der Waals surface area contributed by atoms with Gasteiger partial charge in [-0.2, -0.15) is 0 Å². The Morgan fingerprint density at radius 3 is 2.17 bits per heavy atom. The third kappa shape index (κ3) is 9.88. The highest BCUT2D eigenvalue weighted by atomic mass is 16.5. The molecule has 1 aliphatic heterocycles. The summed E-state index contributed by atoms with van der Waals surface area (Å²) in [6.07, 6.45) is 0. The Kier molecular flexibility index (Phi) is 9.66. The second-order valence-electron chi connectivity index (χ2n) is 6.54. The fourth-order valence-corrected chi connectivity index (χ4v) is 2.02. The third-order valence-electron chi connectivity index (χ3n) is 3.43. The molecular formula is C16H32N2O5. The molecule has 1 amide bonds. The van der Waals surface area contributed by atoms with Gasteiger partial charge in [-0.3, -0.25) is 9.69 Å². The largest absolute Gasteiger partial charge is 0.382 e.